The quantitative estimate of drug-likeness (QED) is 0.486. The lowest BCUT2D eigenvalue weighted by molar-refractivity contribution is 0.0600. The summed E-state index contributed by atoms with van der Waals surface area (Å²) in [6.45, 7) is 3.05. The molecule has 1 saturated carbocycles. The van der Waals surface area contributed by atoms with Crippen molar-refractivity contribution < 1.29 is 14.3 Å². The predicted octanol–water partition coefficient (Wildman–Crippen LogP) is 5.24. The van der Waals surface area contributed by atoms with E-state index in [2.05, 4.69) is 11.7 Å². The molecule has 1 aliphatic rings. The monoisotopic (exact) mass is 318 g/mol. The Morgan fingerprint density at radius 3 is 2.22 bits per heavy atom. The third kappa shape index (κ3) is 5.89. The van der Waals surface area contributed by atoms with E-state index in [1.54, 1.807) is 12.1 Å². The molecule has 0 heterocycles. The highest BCUT2D eigenvalue weighted by Crippen LogP contribution is 2.33. The van der Waals surface area contributed by atoms with Gasteiger partial charge in [0.2, 0.25) is 0 Å². The van der Waals surface area contributed by atoms with Crippen LogP contribution in [0.4, 0.5) is 0 Å². The van der Waals surface area contributed by atoms with Crippen LogP contribution in [0.25, 0.3) is 0 Å². The molecule has 1 aromatic rings. The summed E-state index contributed by atoms with van der Waals surface area (Å²) >= 11 is 0. The first-order valence-corrected chi connectivity index (χ1v) is 9.04. The molecule has 3 nitrogen and oxygen atoms in total. The van der Waals surface area contributed by atoms with E-state index < -0.39 is 0 Å². The summed E-state index contributed by atoms with van der Waals surface area (Å²) in [5.74, 6) is 2.40. The van der Waals surface area contributed by atoms with E-state index in [-0.39, 0.29) is 5.97 Å². The van der Waals surface area contributed by atoms with Crippen LogP contribution in [-0.2, 0) is 4.74 Å². The molecule has 0 N–H and O–H groups in total. The first kappa shape index (κ1) is 17.8. The van der Waals surface area contributed by atoms with Crippen LogP contribution < -0.4 is 4.74 Å². The summed E-state index contributed by atoms with van der Waals surface area (Å²) in [6, 6.07) is 7.16. The maximum atomic E-state index is 11.4. The van der Waals surface area contributed by atoms with E-state index in [4.69, 9.17) is 4.74 Å². The molecule has 0 atom stereocenters. The van der Waals surface area contributed by atoms with Gasteiger partial charge in [-0.25, -0.2) is 4.79 Å². The van der Waals surface area contributed by atoms with Crippen molar-refractivity contribution in [3.8, 4) is 5.75 Å². The van der Waals surface area contributed by atoms with E-state index >= 15 is 0 Å². The van der Waals surface area contributed by atoms with Crippen LogP contribution in [0.5, 0.6) is 5.75 Å². The van der Waals surface area contributed by atoms with E-state index in [1.165, 1.54) is 52.1 Å². The van der Waals surface area contributed by atoms with Gasteiger partial charge in [-0.15, -0.1) is 0 Å². The Morgan fingerprint density at radius 1 is 1.04 bits per heavy atom. The molecule has 0 aliphatic heterocycles. The molecule has 0 amide bonds. The third-order valence-electron chi connectivity index (χ3n) is 4.96. The molecule has 1 aliphatic carbocycles. The third-order valence-corrected chi connectivity index (χ3v) is 4.96. The summed E-state index contributed by atoms with van der Waals surface area (Å²) < 4.78 is 10.5. The van der Waals surface area contributed by atoms with Crippen LogP contribution >= 0.6 is 0 Å². The lowest BCUT2D eigenvalue weighted by Gasteiger charge is -2.28. The van der Waals surface area contributed by atoms with Gasteiger partial charge in [-0.05, 0) is 48.9 Å². The maximum absolute atomic E-state index is 11.4. The van der Waals surface area contributed by atoms with Crippen molar-refractivity contribution in [2.75, 3.05) is 13.7 Å². The molecule has 0 saturated heterocycles. The number of rotatable bonds is 8. The number of methoxy groups -OCH3 is 1. The smallest absolute Gasteiger partial charge is 0.337 e. The molecular formula is C20H30O3. The minimum Gasteiger partial charge on any atom is -0.494 e. The van der Waals surface area contributed by atoms with Crippen molar-refractivity contribution in [3.05, 3.63) is 29.8 Å². The fraction of sp³-hybridized carbons (Fsp3) is 0.650. The molecule has 2 rings (SSSR count). The first-order valence-electron chi connectivity index (χ1n) is 9.04. The molecule has 0 unspecified atom stereocenters. The summed E-state index contributed by atoms with van der Waals surface area (Å²) in [6.07, 6.45) is 10.8. The molecule has 1 aromatic carbocycles. The minimum atomic E-state index is -0.310. The van der Waals surface area contributed by atoms with Crippen molar-refractivity contribution in [2.24, 2.45) is 11.8 Å². The highest BCUT2D eigenvalue weighted by Gasteiger charge is 2.20. The van der Waals surface area contributed by atoms with Crippen molar-refractivity contribution >= 4 is 5.97 Å². The van der Waals surface area contributed by atoms with Crippen LogP contribution in [0, 0.1) is 11.8 Å². The van der Waals surface area contributed by atoms with Crippen LogP contribution in [-0.4, -0.2) is 19.7 Å². The Bertz CT molecular complexity index is 458. The number of hydrogen-bond acceptors (Lipinski definition) is 3. The van der Waals surface area contributed by atoms with E-state index in [1.807, 2.05) is 12.1 Å². The molecule has 1 fully saturated rings. The number of ether oxygens (including phenoxy) is 2. The number of hydrogen-bond donors (Lipinski definition) is 0. The SMILES string of the molecule is CCC[C@H]1CC[C@H](CCCOc2ccc(C(=O)OC)cc2)CC1. The largest absolute Gasteiger partial charge is 0.494 e. The van der Waals surface area contributed by atoms with E-state index in [0.29, 0.717) is 5.56 Å². The van der Waals surface area contributed by atoms with Gasteiger partial charge in [0.05, 0.1) is 19.3 Å². The zero-order chi connectivity index (χ0) is 16.5. The molecule has 0 aromatic heterocycles. The van der Waals surface area contributed by atoms with E-state index in [0.717, 1.165) is 30.6 Å². The van der Waals surface area contributed by atoms with Gasteiger partial charge in [-0.1, -0.05) is 45.4 Å². The highest BCUT2D eigenvalue weighted by atomic mass is 16.5. The van der Waals surface area contributed by atoms with Crippen LogP contribution in [0.2, 0.25) is 0 Å². The van der Waals surface area contributed by atoms with Crippen molar-refractivity contribution in [3.63, 3.8) is 0 Å². The average Bonchev–Trinajstić information content (AvgIpc) is 2.60. The Labute approximate surface area is 140 Å². The van der Waals surface area contributed by atoms with Crippen molar-refractivity contribution in [2.45, 2.75) is 58.3 Å². The number of benzene rings is 1. The minimum absolute atomic E-state index is 0.310. The molecule has 128 valence electrons. The average molecular weight is 318 g/mol. The second-order valence-electron chi connectivity index (χ2n) is 6.68. The fourth-order valence-corrected chi connectivity index (χ4v) is 3.58. The summed E-state index contributed by atoms with van der Waals surface area (Å²) in [5, 5.41) is 0. The standard InChI is InChI=1S/C20H30O3/c1-3-5-16-7-9-17(10-8-16)6-4-15-23-19-13-11-18(12-14-19)20(21)22-2/h11-14,16-17H,3-10,15H2,1-2H3/t16-,17-. The first-order chi connectivity index (χ1) is 11.2. The predicted molar refractivity (Wildman–Crippen MR) is 92.9 cm³/mol. The van der Waals surface area contributed by atoms with Crippen molar-refractivity contribution in [1.29, 1.82) is 0 Å². The number of carbonyl (C=O) groups is 1. The molecule has 0 spiro atoms. The number of carbonyl (C=O) groups excluding carboxylic acids is 1. The van der Waals surface area contributed by atoms with Crippen LogP contribution in [0.15, 0.2) is 24.3 Å². The fourth-order valence-electron chi connectivity index (χ4n) is 3.58. The molecule has 0 radical (unpaired) electrons. The normalized spacial score (nSPS) is 21.0. The zero-order valence-corrected chi connectivity index (χ0v) is 14.6. The topological polar surface area (TPSA) is 35.5 Å². The van der Waals surface area contributed by atoms with Gasteiger partial charge in [0.15, 0.2) is 0 Å². The van der Waals surface area contributed by atoms with Gasteiger partial charge < -0.3 is 9.47 Å². The summed E-state index contributed by atoms with van der Waals surface area (Å²) in [5.41, 5.74) is 0.559. The number of esters is 1. The van der Waals surface area contributed by atoms with Gasteiger partial charge in [0, 0.05) is 0 Å². The van der Waals surface area contributed by atoms with Crippen LogP contribution in [0.1, 0.15) is 68.6 Å². The molecular weight excluding hydrogens is 288 g/mol. The summed E-state index contributed by atoms with van der Waals surface area (Å²) in [4.78, 5) is 11.4. The highest BCUT2D eigenvalue weighted by molar-refractivity contribution is 5.89. The maximum Gasteiger partial charge on any atom is 0.337 e. The van der Waals surface area contributed by atoms with Gasteiger partial charge in [-0.3, -0.25) is 0 Å². The Kier molecular flexibility index (Phi) is 7.44. The molecule has 3 heteroatoms. The molecule has 0 bridgehead atoms. The Balaban J connectivity index is 1.61. The Morgan fingerprint density at radius 2 is 1.65 bits per heavy atom. The second kappa shape index (κ2) is 9.59. The lowest BCUT2D eigenvalue weighted by atomic mass is 9.78. The van der Waals surface area contributed by atoms with Gasteiger partial charge in [-0.2, -0.15) is 0 Å². The van der Waals surface area contributed by atoms with E-state index in [9.17, 15) is 4.79 Å². The second-order valence-corrected chi connectivity index (χ2v) is 6.68. The summed E-state index contributed by atoms with van der Waals surface area (Å²) in [7, 11) is 1.39. The molecule has 23 heavy (non-hydrogen) atoms. The van der Waals surface area contributed by atoms with Gasteiger partial charge in [0.25, 0.3) is 0 Å². The van der Waals surface area contributed by atoms with Gasteiger partial charge in [0.1, 0.15) is 5.75 Å². The van der Waals surface area contributed by atoms with Crippen molar-refractivity contribution in [1.82, 2.24) is 0 Å². The lowest BCUT2D eigenvalue weighted by Crippen LogP contribution is -2.15. The zero-order valence-electron chi connectivity index (χ0n) is 14.6. The van der Waals surface area contributed by atoms with Crippen LogP contribution in [0.3, 0.4) is 0 Å². The van der Waals surface area contributed by atoms with Gasteiger partial charge >= 0.3 is 5.97 Å². The Hall–Kier alpha value is -1.51.